The average molecular weight is 217 g/mol. The van der Waals surface area contributed by atoms with Gasteiger partial charge in [-0.25, -0.2) is 0 Å². The van der Waals surface area contributed by atoms with Crippen LogP contribution in [0.2, 0.25) is 0 Å². The van der Waals surface area contributed by atoms with Gasteiger partial charge in [0.2, 0.25) is 0 Å². The fourth-order valence-electron chi connectivity index (χ4n) is 2.54. The number of nitrogen functional groups attached to an aromatic ring is 1. The second-order valence-electron chi connectivity index (χ2n) is 5.16. The van der Waals surface area contributed by atoms with Crippen molar-refractivity contribution < 1.29 is 0 Å². The van der Waals surface area contributed by atoms with Crippen molar-refractivity contribution in [2.24, 2.45) is 0 Å². The van der Waals surface area contributed by atoms with Crippen LogP contribution in [0.4, 0.5) is 5.69 Å². The fourth-order valence-corrected chi connectivity index (χ4v) is 2.54. The molecule has 3 nitrogen and oxygen atoms in total. The van der Waals surface area contributed by atoms with Gasteiger partial charge in [0.1, 0.15) is 0 Å². The van der Waals surface area contributed by atoms with Crippen molar-refractivity contribution in [2.75, 3.05) is 25.4 Å². The summed E-state index contributed by atoms with van der Waals surface area (Å²) in [6.07, 6.45) is 2.70. The van der Waals surface area contributed by atoms with Crippen molar-refractivity contribution in [3.05, 3.63) is 29.8 Å². The summed E-state index contributed by atoms with van der Waals surface area (Å²) in [5, 5.41) is 3.63. The maximum absolute atomic E-state index is 5.69. The van der Waals surface area contributed by atoms with Crippen LogP contribution < -0.4 is 11.1 Å². The topological polar surface area (TPSA) is 41.3 Å². The van der Waals surface area contributed by atoms with Gasteiger partial charge in [0.25, 0.3) is 0 Å². The average Bonchev–Trinajstić information content (AvgIpc) is 3.01. The number of rotatable bonds is 2. The van der Waals surface area contributed by atoms with Crippen LogP contribution in [0.5, 0.6) is 0 Å². The molecule has 2 aliphatic rings. The molecule has 0 aromatic heterocycles. The summed E-state index contributed by atoms with van der Waals surface area (Å²) >= 11 is 0. The number of hydrogen-bond acceptors (Lipinski definition) is 3. The van der Waals surface area contributed by atoms with Crippen molar-refractivity contribution in [2.45, 2.75) is 24.9 Å². The number of nitrogens with two attached hydrogens (primary N) is 1. The third-order valence-electron chi connectivity index (χ3n) is 3.69. The molecule has 1 saturated carbocycles. The minimum atomic E-state index is 0.478. The number of anilines is 1. The minimum Gasteiger partial charge on any atom is -0.399 e. The molecular formula is C13H19N3. The van der Waals surface area contributed by atoms with Crippen molar-refractivity contribution in [1.82, 2.24) is 10.2 Å². The van der Waals surface area contributed by atoms with Gasteiger partial charge in [0.05, 0.1) is 0 Å². The quantitative estimate of drug-likeness (QED) is 0.732. The van der Waals surface area contributed by atoms with Crippen LogP contribution >= 0.6 is 0 Å². The van der Waals surface area contributed by atoms with Crippen molar-refractivity contribution in [3.63, 3.8) is 0 Å². The molecule has 3 N–H and O–H groups in total. The van der Waals surface area contributed by atoms with Gasteiger partial charge in [0, 0.05) is 37.4 Å². The van der Waals surface area contributed by atoms with Crippen LogP contribution in [0.1, 0.15) is 18.4 Å². The fraction of sp³-hybridized carbons (Fsp3) is 0.538. The number of nitrogens with zero attached hydrogens (tertiary/aromatic N) is 1. The molecule has 0 unspecified atom stereocenters. The largest absolute Gasteiger partial charge is 0.399 e. The molecule has 1 heterocycles. The van der Waals surface area contributed by atoms with E-state index in [4.69, 9.17) is 5.73 Å². The van der Waals surface area contributed by atoms with E-state index >= 15 is 0 Å². The third-order valence-corrected chi connectivity index (χ3v) is 3.69. The summed E-state index contributed by atoms with van der Waals surface area (Å²) in [7, 11) is 0. The molecule has 0 atom stereocenters. The molecule has 0 radical (unpaired) electrons. The maximum Gasteiger partial charge on any atom is 0.0314 e. The minimum absolute atomic E-state index is 0.478. The lowest BCUT2D eigenvalue weighted by atomic mass is 10.1. The first-order valence-electron chi connectivity index (χ1n) is 6.08. The smallest absolute Gasteiger partial charge is 0.0314 e. The van der Waals surface area contributed by atoms with Crippen LogP contribution in [0.3, 0.4) is 0 Å². The molecule has 0 bridgehead atoms. The van der Waals surface area contributed by atoms with Gasteiger partial charge in [-0.1, -0.05) is 12.1 Å². The van der Waals surface area contributed by atoms with Crippen LogP contribution in [0, 0.1) is 0 Å². The van der Waals surface area contributed by atoms with Gasteiger partial charge in [-0.05, 0) is 30.5 Å². The van der Waals surface area contributed by atoms with Gasteiger partial charge in [0.15, 0.2) is 0 Å². The monoisotopic (exact) mass is 217 g/mol. The molecule has 2 fully saturated rings. The third kappa shape index (κ3) is 2.06. The summed E-state index contributed by atoms with van der Waals surface area (Å²) in [6.45, 7) is 4.56. The van der Waals surface area contributed by atoms with Crippen molar-refractivity contribution in [3.8, 4) is 0 Å². The maximum atomic E-state index is 5.69. The Morgan fingerprint density at radius 3 is 2.69 bits per heavy atom. The Kier molecular flexibility index (Phi) is 2.37. The van der Waals surface area contributed by atoms with Gasteiger partial charge in [-0.2, -0.15) is 0 Å². The van der Waals surface area contributed by atoms with Gasteiger partial charge in [-0.15, -0.1) is 0 Å². The molecule has 1 aliphatic heterocycles. The molecule has 16 heavy (non-hydrogen) atoms. The molecule has 1 aliphatic carbocycles. The summed E-state index contributed by atoms with van der Waals surface area (Å²) in [5.74, 6) is 0. The van der Waals surface area contributed by atoms with E-state index in [2.05, 4.69) is 22.3 Å². The number of benzene rings is 1. The van der Waals surface area contributed by atoms with E-state index in [-0.39, 0.29) is 0 Å². The zero-order valence-electron chi connectivity index (χ0n) is 9.58. The Labute approximate surface area is 96.6 Å². The highest BCUT2D eigenvalue weighted by atomic mass is 15.2. The molecule has 1 aromatic rings. The van der Waals surface area contributed by atoms with Gasteiger partial charge < -0.3 is 11.1 Å². The second-order valence-corrected chi connectivity index (χ2v) is 5.16. The van der Waals surface area contributed by atoms with Crippen LogP contribution in [-0.2, 0) is 6.54 Å². The van der Waals surface area contributed by atoms with Crippen molar-refractivity contribution in [1.29, 1.82) is 0 Å². The first-order valence-corrected chi connectivity index (χ1v) is 6.08. The van der Waals surface area contributed by atoms with E-state index in [1.165, 1.54) is 24.9 Å². The molecule has 3 rings (SSSR count). The molecule has 3 heteroatoms. The lowest BCUT2D eigenvalue weighted by Gasteiger charge is -2.34. The van der Waals surface area contributed by atoms with Crippen LogP contribution in [0.25, 0.3) is 0 Å². The zero-order chi connectivity index (χ0) is 11.0. The van der Waals surface area contributed by atoms with Crippen LogP contribution in [0.15, 0.2) is 24.3 Å². The highest BCUT2D eigenvalue weighted by Crippen LogP contribution is 2.37. The molecule has 86 valence electrons. The SMILES string of the molecule is Nc1ccc(CN2CCNC3(CC3)C2)cc1. The number of hydrogen-bond donors (Lipinski definition) is 2. The molecule has 1 spiro atoms. The van der Waals surface area contributed by atoms with E-state index < -0.39 is 0 Å². The highest BCUT2D eigenvalue weighted by molar-refractivity contribution is 5.39. The summed E-state index contributed by atoms with van der Waals surface area (Å²) in [4.78, 5) is 2.55. The Bertz CT molecular complexity index is 367. The lowest BCUT2D eigenvalue weighted by Crippen LogP contribution is -2.51. The number of piperazine rings is 1. The molecule has 1 aromatic carbocycles. The Balaban J connectivity index is 1.63. The molecule has 0 amide bonds. The van der Waals surface area contributed by atoms with E-state index in [9.17, 15) is 0 Å². The summed E-state index contributed by atoms with van der Waals surface area (Å²) < 4.78 is 0. The summed E-state index contributed by atoms with van der Waals surface area (Å²) in [6, 6.07) is 8.25. The Hall–Kier alpha value is -1.06. The highest BCUT2D eigenvalue weighted by Gasteiger charge is 2.45. The van der Waals surface area contributed by atoms with Gasteiger partial charge >= 0.3 is 0 Å². The molecular weight excluding hydrogens is 198 g/mol. The Morgan fingerprint density at radius 2 is 2.00 bits per heavy atom. The lowest BCUT2D eigenvalue weighted by molar-refractivity contribution is 0.182. The van der Waals surface area contributed by atoms with Gasteiger partial charge in [-0.3, -0.25) is 4.90 Å². The summed E-state index contributed by atoms with van der Waals surface area (Å²) in [5.41, 5.74) is 8.38. The van der Waals surface area contributed by atoms with E-state index in [0.717, 1.165) is 25.3 Å². The first kappa shape index (κ1) is 10.1. The zero-order valence-corrected chi connectivity index (χ0v) is 9.58. The van der Waals surface area contributed by atoms with E-state index in [1.807, 2.05) is 12.1 Å². The van der Waals surface area contributed by atoms with Crippen molar-refractivity contribution >= 4 is 5.69 Å². The predicted molar refractivity (Wildman–Crippen MR) is 66.1 cm³/mol. The molecule has 1 saturated heterocycles. The Morgan fingerprint density at radius 1 is 1.25 bits per heavy atom. The number of nitrogens with one attached hydrogen (secondary N) is 1. The van der Waals surface area contributed by atoms with Crippen LogP contribution in [-0.4, -0.2) is 30.1 Å². The first-order chi connectivity index (χ1) is 7.76. The second kappa shape index (κ2) is 3.75. The predicted octanol–water partition coefficient (Wildman–Crippen LogP) is 1.21. The van der Waals surface area contributed by atoms with E-state index in [1.54, 1.807) is 0 Å². The van der Waals surface area contributed by atoms with E-state index in [0.29, 0.717) is 5.54 Å². The standard InChI is InChI=1S/C13H19N3/c14-12-3-1-11(2-4-12)9-16-8-7-15-13(10-16)5-6-13/h1-4,15H,5-10,14H2. The normalized spacial score (nSPS) is 23.5.